The second kappa shape index (κ2) is 7.55. The van der Waals surface area contributed by atoms with Crippen molar-refractivity contribution in [2.75, 3.05) is 19.0 Å². The number of para-hydroxylation sites is 1. The van der Waals surface area contributed by atoms with Crippen LogP contribution in [0.3, 0.4) is 0 Å². The smallest absolute Gasteiger partial charge is 0.160 e. The fourth-order valence-electron chi connectivity index (χ4n) is 4.26. The molecule has 4 rings (SSSR count). The van der Waals surface area contributed by atoms with Crippen LogP contribution in [0.1, 0.15) is 49.3 Å². The summed E-state index contributed by atoms with van der Waals surface area (Å²) in [4.78, 5) is 0. The van der Waals surface area contributed by atoms with Crippen LogP contribution in [0, 0.1) is 5.92 Å². The van der Waals surface area contributed by atoms with Crippen molar-refractivity contribution in [3.63, 3.8) is 0 Å². The molecule has 3 unspecified atom stereocenters. The van der Waals surface area contributed by atoms with Gasteiger partial charge in [0.2, 0.25) is 0 Å². The number of fused-ring (bicyclic) bond motifs is 3. The molecule has 0 saturated heterocycles. The van der Waals surface area contributed by atoms with Crippen molar-refractivity contribution in [1.82, 2.24) is 0 Å². The number of hydrogen-bond donors (Lipinski definition) is 2. The first kappa shape index (κ1) is 17.8. The lowest BCUT2D eigenvalue weighted by Gasteiger charge is -2.38. The van der Waals surface area contributed by atoms with Gasteiger partial charge < -0.3 is 19.9 Å². The quantitative estimate of drug-likeness (QED) is 0.531. The minimum Gasteiger partial charge on any atom is -0.504 e. The molecule has 142 valence electrons. The lowest BCUT2D eigenvalue weighted by Crippen LogP contribution is -2.29. The van der Waals surface area contributed by atoms with E-state index in [1.807, 2.05) is 12.1 Å². The molecule has 0 aromatic heterocycles. The number of aromatic hydroxyl groups is 1. The summed E-state index contributed by atoms with van der Waals surface area (Å²) in [5.41, 5.74) is 3.53. The van der Waals surface area contributed by atoms with Gasteiger partial charge in [-0.1, -0.05) is 43.7 Å². The van der Waals surface area contributed by atoms with Gasteiger partial charge in [-0.2, -0.15) is 0 Å². The van der Waals surface area contributed by atoms with Gasteiger partial charge in [0.25, 0.3) is 0 Å². The van der Waals surface area contributed by atoms with Crippen molar-refractivity contribution in [1.29, 1.82) is 0 Å². The molecule has 0 fully saturated rings. The molecular weight excluding hydrogens is 338 g/mol. The van der Waals surface area contributed by atoms with Gasteiger partial charge in [-0.15, -0.1) is 0 Å². The summed E-state index contributed by atoms with van der Waals surface area (Å²) < 4.78 is 11.4. The zero-order valence-corrected chi connectivity index (χ0v) is 15.9. The Morgan fingerprint density at radius 1 is 1.19 bits per heavy atom. The number of anilines is 1. The standard InChI is InChI=1S/C23H27NO3/c1-3-4-13-27-20-10-6-9-18-16-7-5-8-17(16)22(24-23(18)20)15-11-12-19(25)21(14-15)26-2/h5-7,9-12,14,16-17,22,24-25H,3-4,8,13H2,1-2H3. The Morgan fingerprint density at radius 2 is 2.07 bits per heavy atom. The van der Waals surface area contributed by atoms with Gasteiger partial charge in [0.15, 0.2) is 11.5 Å². The molecule has 2 aliphatic rings. The average Bonchev–Trinajstić information content (AvgIpc) is 3.18. The highest BCUT2D eigenvalue weighted by molar-refractivity contribution is 5.68. The number of nitrogens with one attached hydrogen (secondary N) is 1. The largest absolute Gasteiger partial charge is 0.504 e. The molecule has 0 bridgehead atoms. The molecule has 0 amide bonds. The maximum absolute atomic E-state index is 9.97. The van der Waals surface area contributed by atoms with Crippen molar-refractivity contribution < 1.29 is 14.6 Å². The predicted octanol–water partition coefficient (Wildman–Crippen LogP) is 5.41. The van der Waals surface area contributed by atoms with E-state index >= 15 is 0 Å². The van der Waals surface area contributed by atoms with E-state index in [1.54, 1.807) is 13.2 Å². The summed E-state index contributed by atoms with van der Waals surface area (Å²) in [5.74, 6) is 2.42. The van der Waals surface area contributed by atoms with Gasteiger partial charge in [0.1, 0.15) is 5.75 Å². The number of methoxy groups -OCH3 is 1. The summed E-state index contributed by atoms with van der Waals surface area (Å²) in [6, 6.07) is 12.1. The van der Waals surface area contributed by atoms with E-state index in [0.717, 1.165) is 42.9 Å². The van der Waals surface area contributed by atoms with Crippen molar-refractivity contribution in [3.05, 3.63) is 59.7 Å². The number of allylic oxidation sites excluding steroid dienone is 2. The normalized spacial score (nSPS) is 22.7. The van der Waals surface area contributed by atoms with Crippen LogP contribution in [0.2, 0.25) is 0 Å². The Hall–Kier alpha value is -2.62. The Morgan fingerprint density at radius 3 is 2.89 bits per heavy atom. The van der Waals surface area contributed by atoms with Gasteiger partial charge in [-0.25, -0.2) is 0 Å². The highest BCUT2D eigenvalue weighted by atomic mass is 16.5. The molecule has 0 saturated carbocycles. The molecule has 4 heteroatoms. The third kappa shape index (κ3) is 3.25. The molecule has 27 heavy (non-hydrogen) atoms. The van der Waals surface area contributed by atoms with E-state index in [4.69, 9.17) is 9.47 Å². The second-order valence-corrected chi connectivity index (χ2v) is 7.33. The number of phenolic OH excluding ortho intramolecular Hbond substituents is 1. The lowest BCUT2D eigenvalue weighted by molar-refractivity contribution is 0.307. The average molecular weight is 365 g/mol. The van der Waals surface area contributed by atoms with Crippen LogP contribution in [0.25, 0.3) is 0 Å². The number of rotatable bonds is 6. The zero-order chi connectivity index (χ0) is 18.8. The summed E-state index contributed by atoms with van der Waals surface area (Å²) in [6.07, 6.45) is 7.80. The molecule has 1 aliphatic heterocycles. The maximum atomic E-state index is 9.97. The Kier molecular flexibility index (Phi) is 4.97. The van der Waals surface area contributed by atoms with Crippen LogP contribution in [-0.2, 0) is 0 Å². The number of benzene rings is 2. The number of ether oxygens (including phenoxy) is 2. The van der Waals surface area contributed by atoms with Gasteiger partial charge >= 0.3 is 0 Å². The van der Waals surface area contributed by atoms with Crippen LogP contribution in [0.15, 0.2) is 48.6 Å². The number of unbranched alkanes of at least 4 members (excludes halogenated alkanes) is 1. The third-order valence-corrected chi connectivity index (χ3v) is 5.68. The number of phenols is 1. The van der Waals surface area contributed by atoms with E-state index in [-0.39, 0.29) is 11.8 Å². The zero-order valence-electron chi connectivity index (χ0n) is 15.9. The van der Waals surface area contributed by atoms with E-state index in [9.17, 15) is 5.11 Å². The topological polar surface area (TPSA) is 50.7 Å². The van der Waals surface area contributed by atoms with Crippen LogP contribution in [0.5, 0.6) is 17.2 Å². The first-order valence-corrected chi connectivity index (χ1v) is 9.78. The predicted molar refractivity (Wildman–Crippen MR) is 108 cm³/mol. The fraction of sp³-hybridized carbons (Fsp3) is 0.391. The molecule has 2 N–H and O–H groups in total. The van der Waals surface area contributed by atoms with Crippen molar-refractivity contribution in [2.45, 2.75) is 38.1 Å². The van der Waals surface area contributed by atoms with Gasteiger partial charge in [0, 0.05) is 5.92 Å². The van der Waals surface area contributed by atoms with Crippen LogP contribution < -0.4 is 14.8 Å². The number of hydrogen-bond acceptors (Lipinski definition) is 4. The second-order valence-electron chi connectivity index (χ2n) is 7.33. The Labute approximate surface area is 160 Å². The molecule has 0 radical (unpaired) electrons. The summed E-state index contributed by atoms with van der Waals surface area (Å²) in [7, 11) is 1.59. The summed E-state index contributed by atoms with van der Waals surface area (Å²) >= 11 is 0. The van der Waals surface area contributed by atoms with Crippen molar-refractivity contribution in [3.8, 4) is 17.2 Å². The molecule has 4 nitrogen and oxygen atoms in total. The van der Waals surface area contributed by atoms with Crippen LogP contribution in [0.4, 0.5) is 5.69 Å². The third-order valence-electron chi connectivity index (χ3n) is 5.68. The first-order chi connectivity index (χ1) is 13.2. The highest BCUT2D eigenvalue weighted by Crippen LogP contribution is 2.52. The summed E-state index contributed by atoms with van der Waals surface area (Å²) in [6.45, 7) is 2.90. The summed E-state index contributed by atoms with van der Waals surface area (Å²) in [5, 5.41) is 13.7. The molecule has 3 atom stereocenters. The monoisotopic (exact) mass is 365 g/mol. The lowest BCUT2D eigenvalue weighted by atomic mass is 9.77. The van der Waals surface area contributed by atoms with E-state index in [2.05, 4.69) is 42.6 Å². The maximum Gasteiger partial charge on any atom is 0.160 e. The molecular formula is C23H27NO3. The van der Waals surface area contributed by atoms with E-state index in [0.29, 0.717) is 17.6 Å². The SMILES string of the molecule is CCCCOc1cccc2c1NC(c1ccc(O)c(OC)c1)C1CC=CC21. The van der Waals surface area contributed by atoms with E-state index < -0.39 is 0 Å². The fourth-order valence-corrected chi connectivity index (χ4v) is 4.26. The van der Waals surface area contributed by atoms with Gasteiger partial charge in [-0.3, -0.25) is 0 Å². The molecule has 0 spiro atoms. The minimum atomic E-state index is 0.142. The molecule has 1 heterocycles. The Bertz CT molecular complexity index is 846. The molecule has 2 aromatic carbocycles. The molecule has 2 aromatic rings. The van der Waals surface area contributed by atoms with E-state index in [1.165, 1.54) is 5.56 Å². The van der Waals surface area contributed by atoms with Crippen molar-refractivity contribution >= 4 is 5.69 Å². The Balaban J connectivity index is 1.71. The van der Waals surface area contributed by atoms with Crippen molar-refractivity contribution in [2.24, 2.45) is 5.92 Å². The van der Waals surface area contributed by atoms with Crippen LogP contribution >= 0.6 is 0 Å². The van der Waals surface area contributed by atoms with Crippen LogP contribution in [-0.4, -0.2) is 18.8 Å². The highest BCUT2D eigenvalue weighted by Gasteiger charge is 2.39. The van der Waals surface area contributed by atoms with Gasteiger partial charge in [-0.05, 0) is 48.1 Å². The minimum absolute atomic E-state index is 0.142. The van der Waals surface area contributed by atoms with Gasteiger partial charge in [0.05, 0.1) is 25.4 Å². The first-order valence-electron chi connectivity index (χ1n) is 9.78. The molecule has 1 aliphatic carbocycles.